The number of benzene rings is 2. The molecule has 4 aromatic rings. The van der Waals surface area contributed by atoms with Crippen molar-refractivity contribution in [1.29, 1.82) is 0 Å². The van der Waals surface area contributed by atoms with Gasteiger partial charge in [-0.05, 0) is 61.6 Å². The van der Waals surface area contributed by atoms with Gasteiger partial charge < -0.3 is 20.3 Å². The highest BCUT2D eigenvalue weighted by atomic mass is 19.4. The highest BCUT2D eigenvalue weighted by Gasteiger charge is 2.34. The van der Waals surface area contributed by atoms with Crippen LogP contribution in [0.4, 0.5) is 18.9 Å². The zero-order valence-electron chi connectivity index (χ0n) is 22.6. The number of fused-ring (bicyclic) bond motifs is 1. The van der Waals surface area contributed by atoms with Gasteiger partial charge in [-0.15, -0.1) is 5.10 Å². The number of nitrogens with zero attached hydrogens (tertiary/aromatic N) is 4. The van der Waals surface area contributed by atoms with Gasteiger partial charge in [0, 0.05) is 41.8 Å². The van der Waals surface area contributed by atoms with Crippen molar-refractivity contribution in [1.82, 2.24) is 24.9 Å². The minimum Gasteiger partial charge on any atom is -0.481 e. The van der Waals surface area contributed by atoms with Crippen LogP contribution in [0.5, 0.6) is 0 Å². The van der Waals surface area contributed by atoms with E-state index in [-0.39, 0.29) is 24.8 Å². The lowest BCUT2D eigenvalue weighted by molar-refractivity contribution is -0.141. The maximum absolute atomic E-state index is 13.5. The lowest BCUT2D eigenvalue weighted by atomic mass is 10.0. The van der Waals surface area contributed by atoms with Crippen LogP contribution in [0.1, 0.15) is 58.5 Å². The Morgan fingerprint density at radius 2 is 1.85 bits per heavy atom. The van der Waals surface area contributed by atoms with Crippen LogP contribution in [0.25, 0.3) is 10.9 Å². The zero-order chi connectivity index (χ0) is 29.9. The summed E-state index contributed by atoms with van der Waals surface area (Å²) >= 11 is 0. The summed E-state index contributed by atoms with van der Waals surface area (Å²) in [5, 5.41) is 22.1. The average molecular weight is 571 g/mol. The summed E-state index contributed by atoms with van der Waals surface area (Å²) in [5.74, 6) is -1.57. The van der Waals surface area contributed by atoms with Gasteiger partial charge in [-0.2, -0.15) is 13.2 Å². The summed E-state index contributed by atoms with van der Waals surface area (Å²) in [6.07, 6.45) is -1.37. The summed E-state index contributed by atoms with van der Waals surface area (Å²) in [6, 6.07) is 9.59. The third kappa shape index (κ3) is 6.73. The number of alkyl halides is 3. The summed E-state index contributed by atoms with van der Waals surface area (Å²) in [4.78, 5) is 36.7. The van der Waals surface area contributed by atoms with Gasteiger partial charge in [-0.3, -0.25) is 14.4 Å². The van der Waals surface area contributed by atoms with E-state index in [4.69, 9.17) is 5.11 Å². The smallest absolute Gasteiger partial charge is 0.436 e. The van der Waals surface area contributed by atoms with Gasteiger partial charge in [-0.1, -0.05) is 23.4 Å². The SMILES string of the molecule is CNC(=O)c1ccc2c(C)cn(C(C)C(=O)Nc3cc(Cn4cc(C(F)(F)F)nn4)ccc3CCCC(=O)O)c2c1. The molecule has 3 N–H and O–H groups in total. The van der Waals surface area contributed by atoms with Crippen molar-refractivity contribution >= 4 is 34.4 Å². The number of carbonyl (C=O) groups is 3. The van der Waals surface area contributed by atoms with Crippen LogP contribution in [0.15, 0.2) is 48.8 Å². The second-order valence-corrected chi connectivity index (χ2v) is 9.73. The van der Waals surface area contributed by atoms with Gasteiger partial charge in [0.05, 0.1) is 12.7 Å². The minimum atomic E-state index is -4.62. The fourth-order valence-corrected chi connectivity index (χ4v) is 4.57. The molecular formula is C28H29F3N6O4. The van der Waals surface area contributed by atoms with E-state index < -0.39 is 23.9 Å². The van der Waals surface area contributed by atoms with E-state index in [0.717, 1.165) is 21.8 Å². The van der Waals surface area contributed by atoms with E-state index in [0.29, 0.717) is 40.7 Å². The third-order valence-corrected chi connectivity index (χ3v) is 6.76. The number of aryl methyl sites for hydroxylation is 2. The van der Waals surface area contributed by atoms with Crippen molar-refractivity contribution < 1.29 is 32.7 Å². The molecule has 2 aromatic carbocycles. The van der Waals surface area contributed by atoms with Crippen molar-refractivity contribution in [2.75, 3.05) is 12.4 Å². The topological polar surface area (TPSA) is 131 Å². The van der Waals surface area contributed by atoms with Crippen LogP contribution in [0.2, 0.25) is 0 Å². The van der Waals surface area contributed by atoms with Crippen LogP contribution in [0.3, 0.4) is 0 Å². The first-order chi connectivity index (χ1) is 19.4. The second-order valence-electron chi connectivity index (χ2n) is 9.73. The molecule has 2 aromatic heterocycles. The molecule has 2 heterocycles. The molecule has 1 unspecified atom stereocenters. The third-order valence-electron chi connectivity index (χ3n) is 6.76. The van der Waals surface area contributed by atoms with E-state index in [2.05, 4.69) is 20.9 Å². The number of nitrogens with one attached hydrogen (secondary N) is 2. The number of aromatic nitrogens is 4. The maximum Gasteiger partial charge on any atom is 0.436 e. The fourth-order valence-electron chi connectivity index (χ4n) is 4.57. The molecule has 1 atom stereocenters. The summed E-state index contributed by atoms with van der Waals surface area (Å²) < 4.78 is 41.7. The molecular weight excluding hydrogens is 541 g/mol. The van der Waals surface area contributed by atoms with Crippen LogP contribution >= 0.6 is 0 Å². The van der Waals surface area contributed by atoms with E-state index in [9.17, 15) is 27.6 Å². The molecule has 2 amide bonds. The van der Waals surface area contributed by atoms with Gasteiger partial charge in [0.25, 0.3) is 5.91 Å². The normalized spacial score (nSPS) is 12.3. The Labute approximate surface area is 233 Å². The Balaban J connectivity index is 1.62. The van der Waals surface area contributed by atoms with Crippen LogP contribution in [0, 0.1) is 6.92 Å². The predicted molar refractivity (Wildman–Crippen MR) is 145 cm³/mol. The van der Waals surface area contributed by atoms with Gasteiger partial charge >= 0.3 is 12.1 Å². The number of anilines is 1. The first-order valence-electron chi connectivity index (χ1n) is 12.8. The molecule has 10 nitrogen and oxygen atoms in total. The Morgan fingerprint density at radius 3 is 2.51 bits per heavy atom. The van der Waals surface area contributed by atoms with E-state index in [1.165, 1.54) is 7.05 Å². The van der Waals surface area contributed by atoms with Crippen LogP contribution < -0.4 is 10.6 Å². The quantitative estimate of drug-likeness (QED) is 0.256. The molecule has 0 aliphatic heterocycles. The number of hydrogen-bond acceptors (Lipinski definition) is 5. The van der Waals surface area contributed by atoms with Crippen molar-refractivity contribution in [2.45, 2.75) is 51.9 Å². The molecule has 41 heavy (non-hydrogen) atoms. The molecule has 0 saturated carbocycles. The van der Waals surface area contributed by atoms with Crippen molar-refractivity contribution in [2.24, 2.45) is 0 Å². The van der Waals surface area contributed by atoms with Crippen molar-refractivity contribution in [3.05, 3.63) is 76.7 Å². The standard InChI is InChI=1S/C28H29F3N6O4/c1-16-13-37(23-12-20(27(41)32-3)9-10-21(16)23)17(2)26(40)33-22-11-18(7-8-19(22)5-4-6-25(38)39)14-36-15-24(34-35-36)28(29,30)31/h7-13,15,17H,4-6,14H2,1-3H3,(H,32,41)(H,33,40)(H,38,39). The van der Waals surface area contributed by atoms with Gasteiger partial charge in [-0.25, -0.2) is 4.68 Å². The number of carboxylic acid groups (broad SMARTS) is 1. The van der Waals surface area contributed by atoms with Crippen LogP contribution in [-0.2, 0) is 28.7 Å². The highest BCUT2D eigenvalue weighted by Crippen LogP contribution is 2.29. The number of rotatable bonds is 10. The molecule has 0 saturated heterocycles. The minimum absolute atomic E-state index is 0.0272. The predicted octanol–water partition coefficient (Wildman–Crippen LogP) is 4.57. The molecule has 0 fully saturated rings. The lowest BCUT2D eigenvalue weighted by Gasteiger charge is -2.18. The number of carboxylic acids is 1. The van der Waals surface area contributed by atoms with Gasteiger partial charge in [0.15, 0.2) is 5.69 Å². The first kappa shape index (κ1) is 29.3. The molecule has 13 heteroatoms. The summed E-state index contributed by atoms with van der Waals surface area (Å²) in [5.41, 5.74) is 2.62. The van der Waals surface area contributed by atoms with Crippen molar-refractivity contribution in [3.8, 4) is 0 Å². The Kier molecular flexibility index (Phi) is 8.45. The van der Waals surface area contributed by atoms with Gasteiger partial charge in [0.1, 0.15) is 6.04 Å². The molecule has 0 aliphatic rings. The molecule has 0 spiro atoms. The van der Waals surface area contributed by atoms with Crippen molar-refractivity contribution in [3.63, 3.8) is 0 Å². The monoisotopic (exact) mass is 570 g/mol. The van der Waals surface area contributed by atoms with E-state index >= 15 is 0 Å². The van der Waals surface area contributed by atoms with Gasteiger partial charge in [0.2, 0.25) is 5.91 Å². The highest BCUT2D eigenvalue weighted by molar-refractivity contribution is 6.00. The molecule has 0 radical (unpaired) electrons. The first-order valence-corrected chi connectivity index (χ1v) is 12.8. The maximum atomic E-state index is 13.5. The average Bonchev–Trinajstić information content (AvgIpc) is 3.53. The summed E-state index contributed by atoms with van der Waals surface area (Å²) in [6.45, 7) is 3.59. The molecule has 4 rings (SSSR count). The number of amides is 2. The molecule has 216 valence electrons. The number of halogens is 3. The number of aliphatic carboxylic acids is 1. The van der Waals surface area contributed by atoms with E-state index in [1.54, 1.807) is 41.8 Å². The number of carbonyl (C=O) groups excluding carboxylic acids is 2. The Hall–Kier alpha value is -4.68. The molecule has 0 aliphatic carbocycles. The zero-order valence-corrected chi connectivity index (χ0v) is 22.6. The number of hydrogen-bond donors (Lipinski definition) is 3. The van der Waals surface area contributed by atoms with Crippen LogP contribution in [-0.4, -0.2) is 49.5 Å². The Morgan fingerprint density at radius 1 is 1.10 bits per heavy atom. The second kappa shape index (κ2) is 11.8. The Bertz CT molecular complexity index is 1610. The lowest BCUT2D eigenvalue weighted by Crippen LogP contribution is -2.24. The summed E-state index contributed by atoms with van der Waals surface area (Å²) in [7, 11) is 1.53. The fraction of sp³-hybridized carbons (Fsp3) is 0.321. The molecule has 0 bridgehead atoms. The largest absolute Gasteiger partial charge is 0.481 e. The van der Waals surface area contributed by atoms with E-state index in [1.807, 2.05) is 19.2 Å².